The predicted molar refractivity (Wildman–Crippen MR) is 119 cm³/mol. The van der Waals surface area contributed by atoms with Gasteiger partial charge in [0.1, 0.15) is 5.82 Å². The van der Waals surface area contributed by atoms with E-state index in [2.05, 4.69) is 25.8 Å². The van der Waals surface area contributed by atoms with Gasteiger partial charge in [-0.3, -0.25) is 9.59 Å². The number of hydrogen-bond donors (Lipinski definition) is 2. The zero-order valence-electron chi connectivity index (χ0n) is 16.7. The summed E-state index contributed by atoms with van der Waals surface area (Å²) in [6.45, 7) is 4.30. The Kier molecular flexibility index (Phi) is 7.46. The van der Waals surface area contributed by atoms with Crippen molar-refractivity contribution in [2.75, 3.05) is 17.6 Å². The molecular weight excluding hydrogens is 444 g/mol. The highest BCUT2D eigenvalue weighted by atomic mass is 35.5. The van der Waals surface area contributed by atoms with Crippen molar-refractivity contribution in [2.45, 2.75) is 25.4 Å². The number of amides is 2. The summed E-state index contributed by atoms with van der Waals surface area (Å²) in [5, 5.41) is 15.8. The molecule has 0 aliphatic heterocycles. The minimum Gasteiger partial charge on any atom is -0.352 e. The summed E-state index contributed by atoms with van der Waals surface area (Å²) in [4.78, 5) is 29.7. The number of carbonyl (C=O) groups is 2. The van der Waals surface area contributed by atoms with Gasteiger partial charge in [0.05, 0.1) is 11.4 Å². The molecule has 1 aromatic carbocycles. The maximum Gasteiger partial charge on any atom is 0.251 e. The Labute approximate surface area is 187 Å². The van der Waals surface area contributed by atoms with Crippen molar-refractivity contribution in [2.24, 2.45) is 7.05 Å². The van der Waals surface area contributed by atoms with Gasteiger partial charge < -0.3 is 15.2 Å². The number of hydrogen-bond acceptors (Lipinski definition) is 7. The lowest BCUT2D eigenvalue weighted by molar-refractivity contribution is -0.113. The third kappa shape index (κ3) is 5.80. The molecule has 158 valence electrons. The number of thioether (sulfide) groups is 1. The first-order valence-electron chi connectivity index (χ1n) is 9.12. The number of carbonyl (C=O) groups excluding carboxylic acids is 2. The number of rotatable bonds is 8. The van der Waals surface area contributed by atoms with Crippen LogP contribution < -0.4 is 10.6 Å². The predicted octanol–water partition coefficient (Wildman–Crippen LogP) is 3.25. The molecule has 0 aliphatic carbocycles. The van der Waals surface area contributed by atoms with Gasteiger partial charge in [0.2, 0.25) is 5.91 Å². The molecular formula is C19H21ClN6O2S2. The fourth-order valence-electron chi connectivity index (χ4n) is 2.49. The summed E-state index contributed by atoms with van der Waals surface area (Å²) in [6, 6.07) is 6.70. The van der Waals surface area contributed by atoms with Crippen molar-refractivity contribution in [3.63, 3.8) is 0 Å². The smallest absolute Gasteiger partial charge is 0.251 e. The highest BCUT2D eigenvalue weighted by Crippen LogP contribution is 2.22. The Morgan fingerprint density at radius 2 is 1.93 bits per heavy atom. The SMILES string of the molecule is Cc1nc(NC(=O)CSc2nnc(CCNC(=O)c3ccc(Cl)cc3)n2C)sc1C. The van der Waals surface area contributed by atoms with Gasteiger partial charge in [-0.05, 0) is 38.1 Å². The van der Waals surface area contributed by atoms with E-state index < -0.39 is 0 Å². The second-order valence-corrected chi connectivity index (χ2v) is 9.05. The summed E-state index contributed by atoms with van der Waals surface area (Å²) < 4.78 is 1.82. The molecule has 0 bridgehead atoms. The highest BCUT2D eigenvalue weighted by molar-refractivity contribution is 7.99. The second-order valence-electron chi connectivity index (χ2n) is 6.47. The van der Waals surface area contributed by atoms with E-state index in [-0.39, 0.29) is 17.6 Å². The molecule has 0 saturated heterocycles. The monoisotopic (exact) mass is 464 g/mol. The number of aromatic nitrogens is 4. The zero-order chi connectivity index (χ0) is 21.7. The van der Waals surface area contributed by atoms with Crippen LogP contribution in [0.1, 0.15) is 26.8 Å². The standard InChI is InChI=1S/C19H21ClN6O2S2/c1-11-12(2)30-18(22-11)23-16(27)10-29-19-25-24-15(26(19)3)8-9-21-17(28)13-4-6-14(20)7-5-13/h4-7H,8-10H2,1-3H3,(H,21,28)(H,22,23,27). The Balaban J connectivity index is 1.46. The van der Waals surface area contributed by atoms with E-state index >= 15 is 0 Å². The van der Waals surface area contributed by atoms with Crippen molar-refractivity contribution < 1.29 is 9.59 Å². The molecule has 0 saturated carbocycles. The maximum atomic E-state index is 12.1. The van der Waals surface area contributed by atoms with Crippen molar-refractivity contribution in [3.05, 3.63) is 51.2 Å². The largest absolute Gasteiger partial charge is 0.352 e. The van der Waals surface area contributed by atoms with Crippen LogP contribution in [0.4, 0.5) is 5.13 Å². The highest BCUT2D eigenvalue weighted by Gasteiger charge is 2.13. The second kappa shape index (κ2) is 10.1. The summed E-state index contributed by atoms with van der Waals surface area (Å²) >= 11 is 8.59. The van der Waals surface area contributed by atoms with Crippen molar-refractivity contribution in [3.8, 4) is 0 Å². The van der Waals surface area contributed by atoms with Crippen LogP contribution in [-0.4, -0.2) is 43.9 Å². The molecule has 2 heterocycles. The van der Waals surface area contributed by atoms with Gasteiger partial charge in [-0.1, -0.05) is 23.4 Å². The lowest BCUT2D eigenvalue weighted by Crippen LogP contribution is -2.26. The molecule has 2 aromatic heterocycles. The van der Waals surface area contributed by atoms with Crippen molar-refractivity contribution in [1.82, 2.24) is 25.1 Å². The van der Waals surface area contributed by atoms with Gasteiger partial charge in [0.15, 0.2) is 10.3 Å². The zero-order valence-corrected chi connectivity index (χ0v) is 19.1. The molecule has 0 spiro atoms. The average molecular weight is 465 g/mol. The fraction of sp³-hybridized carbons (Fsp3) is 0.316. The van der Waals surface area contributed by atoms with Crippen LogP contribution in [0.5, 0.6) is 0 Å². The molecule has 3 rings (SSSR count). The molecule has 0 atom stereocenters. The van der Waals surface area contributed by atoms with E-state index in [9.17, 15) is 9.59 Å². The Morgan fingerprint density at radius 3 is 2.60 bits per heavy atom. The molecule has 11 heteroatoms. The van der Waals surface area contributed by atoms with E-state index in [1.807, 2.05) is 25.5 Å². The van der Waals surface area contributed by atoms with Crippen molar-refractivity contribution >= 4 is 51.6 Å². The van der Waals surface area contributed by atoms with Gasteiger partial charge in [-0.2, -0.15) is 0 Å². The van der Waals surface area contributed by atoms with Gasteiger partial charge >= 0.3 is 0 Å². The molecule has 8 nitrogen and oxygen atoms in total. The van der Waals surface area contributed by atoms with Crippen LogP contribution in [0.15, 0.2) is 29.4 Å². The molecule has 2 N–H and O–H groups in total. The van der Waals surface area contributed by atoms with E-state index in [1.54, 1.807) is 24.3 Å². The number of halogens is 1. The van der Waals surface area contributed by atoms with E-state index in [1.165, 1.54) is 23.1 Å². The third-order valence-corrected chi connectivity index (χ3v) is 6.53. The number of nitrogens with zero attached hydrogens (tertiary/aromatic N) is 4. The summed E-state index contributed by atoms with van der Waals surface area (Å²) in [5.41, 5.74) is 1.47. The molecule has 0 aliphatic rings. The van der Waals surface area contributed by atoms with Crippen LogP contribution in [0.25, 0.3) is 0 Å². The Hall–Kier alpha value is -2.43. The molecule has 0 unspecified atom stereocenters. The average Bonchev–Trinajstić information content (AvgIpc) is 3.22. The van der Waals surface area contributed by atoms with Gasteiger partial charge in [0.25, 0.3) is 5.91 Å². The van der Waals surface area contributed by atoms with Gasteiger partial charge in [0, 0.05) is 35.5 Å². The summed E-state index contributed by atoms with van der Waals surface area (Å²) in [7, 11) is 1.84. The molecule has 3 aromatic rings. The van der Waals surface area contributed by atoms with Crippen LogP contribution >= 0.6 is 34.7 Å². The minimum atomic E-state index is -0.173. The third-order valence-electron chi connectivity index (χ3n) is 4.27. The molecule has 0 fully saturated rings. The lowest BCUT2D eigenvalue weighted by atomic mass is 10.2. The quantitative estimate of drug-likeness (QED) is 0.496. The maximum absolute atomic E-state index is 12.1. The van der Waals surface area contributed by atoms with Crippen molar-refractivity contribution in [1.29, 1.82) is 0 Å². The van der Waals surface area contributed by atoms with Crippen LogP contribution in [0.2, 0.25) is 5.02 Å². The van der Waals surface area contributed by atoms with E-state index in [4.69, 9.17) is 11.6 Å². The first-order chi connectivity index (χ1) is 14.3. The fourth-order valence-corrected chi connectivity index (χ4v) is 4.18. The molecule has 0 radical (unpaired) electrons. The Bertz CT molecular complexity index is 1030. The number of anilines is 1. The summed E-state index contributed by atoms with van der Waals surface area (Å²) in [5.74, 6) is 0.610. The van der Waals surface area contributed by atoms with E-state index in [0.717, 1.165) is 16.4 Å². The van der Waals surface area contributed by atoms with Crippen LogP contribution in [0.3, 0.4) is 0 Å². The number of benzene rings is 1. The molecule has 2 amide bonds. The number of aryl methyl sites for hydroxylation is 2. The van der Waals surface area contributed by atoms with Gasteiger partial charge in [-0.25, -0.2) is 4.98 Å². The molecule has 30 heavy (non-hydrogen) atoms. The lowest BCUT2D eigenvalue weighted by Gasteiger charge is -2.06. The van der Waals surface area contributed by atoms with Crippen LogP contribution in [-0.2, 0) is 18.3 Å². The minimum absolute atomic E-state index is 0.145. The Morgan fingerprint density at radius 1 is 1.20 bits per heavy atom. The van der Waals surface area contributed by atoms with Crippen LogP contribution in [0, 0.1) is 13.8 Å². The topological polar surface area (TPSA) is 102 Å². The summed E-state index contributed by atoms with van der Waals surface area (Å²) in [6.07, 6.45) is 0.521. The van der Waals surface area contributed by atoms with Gasteiger partial charge in [-0.15, -0.1) is 21.5 Å². The first kappa shape index (κ1) is 22.3. The normalized spacial score (nSPS) is 10.8. The van der Waals surface area contributed by atoms with E-state index in [0.29, 0.717) is 33.8 Å². The first-order valence-corrected chi connectivity index (χ1v) is 11.3. The number of nitrogens with one attached hydrogen (secondary N) is 2. The number of thiazole rings is 1.